The van der Waals surface area contributed by atoms with E-state index in [-0.39, 0.29) is 0 Å². The van der Waals surface area contributed by atoms with Gasteiger partial charge in [-0.15, -0.1) is 0 Å². The number of hydrogen-bond acceptors (Lipinski definition) is 4. The lowest BCUT2D eigenvalue weighted by atomic mass is 10.0. The Kier molecular flexibility index (Phi) is 9.65. The second-order valence-corrected chi connectivity index (χ2v) is 13.6. The van der Waals surface area contributed by atoms with Crippen LogP contribution in [-0.4, -0.2) is 28.3 Å². The van der Waals surface area contributed by atoms with Crippen molar-refractivity contribution in [3.63, 3.8) is 0 Å². The quantitative estimate of drug-likeness (QED) is 0.125. The van der Waals surface area contributed by atoms with Crippen molar-refractivity contribution in [1.29, 1.82) is 0 Å². The zero-order valence-corrected chi connectivity index (χ0v) is 31.2. The van der Waals surface area contributed by atoms with Crippen LogP contribution in [0.2, 0.25) is 0 Å². The Morgan fingerprint density at radius 3 is 1.17 bits per heavy atom. The lowest BCUT2D eigenvalue weighted by molar-refractivity contribution is -0.662. The average Bonchev–Trinajstić information content (AvgIpc) is 3.24. The molecule has 0 atom stereocenters. The van der Waals surface area contributed by atoms with Crippen LogP contribution in [-0.2, 0) is 13.1 Å². The van der Waals surface area contributed by atoms with Crippen LogP contribution in [0.25, 0.3) is 32.9 Å². The first-order chi connectivity index (χ1) is 26.5. The van der Waals surface area contributed by atoms with Gasteiger partial charge in [0, 0.05) is 60.9 Å². The average molecular weight is 709 g/mol. The van der Waals surface area contributed by atoms with E-state index in [1.165, 1.54) is 44.1 Å². The van der Waals surface area contributed by atoms with Crippen LogP contribution < -0.4 is 28.4 Å². The van der Waals surface area contributed by atoms with Gasteiger partial charge in [0.15, 0.2) is 25.5 Å². The van der Waals surface area contributed by atoms with Crippen molar-refractivity contribution in [2.75, 3.05) is 38.1 Å². The lowest BCUT2D eigenvalue weighted by Crippen LogP contribution is -2.35. The molecule has 6 nitrogen and oxygen atoms in total. The summed E-state index contributed by atoms with van der Waals surface area (Å²) in [6.45, 7) is 1.57. The van der Waals surface area contributed by atoms with Crippen molar-refractivity contribution < 1.29 is 18.6 Å². The Morgan fingerprint density at radius 2 is 0.796 bits per heavy atom. The minimum atomic E-state index is 0.784. The molecule has 6 aromatic carbocycles. The topological polar surface area (TPSA) is 32.7 Å². The van der Waals surface area contributed by atoms with Crippen LogP contribution >= 0.6 is 0 Å². The van der Waals surface area contributed by atoms with Gasteiger partial charge in [-0.3, -0.25) is 0 Å². The molecule has 0 aliphatic heterocycles. The number of aromatic nitrogens is 2. The summed E-state index contributed by atoms with van der Waals surface area (Å²) >= 11 is 0. The Hall–Kier alpha value is -6.66. The monoisotopic (exact) mass is 708 g/mol. The summed E-state index contributed by atoms with van der Waals surface area (Å²) in [7, 11) is 7.61. The number of methoxy groups -OCH3 is 2. The van der Waals surface area contributed by atoms with Crippen molar-refractivity contribution in [2.45, 2.75) is 13.1 Å². The van der Waals surface area contributed by atoms with Gasteiger partial charge in [0.2, 0.25) is 11.0 Å². The second-order valence-electron chi connectivity index (χ2n) is 13.6. The van der Waals surface area contributed by atoms with Gasteiger partial charge >= 0.3 is 0 Å². The number of ether oxygens (including phenoxy) is 2. The zero-order valence-electron chi connectivity index (χ0n) is 31.2. The number of rotatable bonds is 11. The van der Waals surface area contributed by atoms with Crippen LogP contribution in [0.15, 0.2) is 170 Å². The molecule has 6 heteroatoms. The molecule has 0 N–H and O–H groups in total. The van der Waals surface area contributed by atoms with E-state index < -0.39 is 0 Å². The van der Waals surface area contributed by atoms with E-state index in [1.807, 2.05) is 24.3 Å². The number of fused-ring (bicyclic) bond motifs is 2. The molecule has 2 heterocycles. The maximum absolute atomic E-state index is 5.36. The SMILES string of the molecule is COc1ccc(N(C)c2cc[n+](Cc3ccc(-c4ccc(C[n+]5ccc(N(C)c6ccc(OC)cc6)c6ccccc65)cc4)cc3)c3ccccc23)cc1. The summed E-state index contributed by atoms with van der Waals surface area (Å²) in [6.07, 6.45) is 4.39. The summed E-state index contributed by atoms with van der Waals surface area (Å²) in [5, 5.41) is 2.41. The Balaban J connectivity index is 0.974. The first-order valence-corrected chi connectivity index (χ1v) is 18.3. The second kappa shape index (κ2) is 15.1. The molecule has 0 fully saturated rings. The van der Waals surface area contributed by atoms with E-state index in [2.05, 4.69) is 179 Å². The van der Waals surface area contributed by atoms with E-state index in [9.17, 15) is 0 Å². The first-order valence-electron chi connectivity index (χ1n) is 18.3. The van der Waals surface area contributed by atoms with E-state index in [4.69, 9.17) is 9.47 Å². The van der Waals surface area contributed by atoms with Gasteiger partial charge in [-0.25, -0.2) is 0 Å². The van der Waals surface area contributed by atoms with Gasteiger partial charge < -0.3 is 19.3 Å². The summed E-state index contributed by atoms with van der Waals surface area (Å²) in [5.41, 5.74) is 11.9. The summed E-state index contributed by atoms with van der Waals surface area (Å²) in [4.78, 5) is 4.46. The molecule has 0 aliphatic rings. The van der Waals surface area contributed by atoms with Gasteiger partial charge in [0.05, 0.1) is 36.4 Å². The first kappa shape index (κ1) is 34.4. The van der Waals surface area contributed by atoms with Crippen LogP contribution in [0.4, 0.5) is 22.7 Å². The molecule has 8 aromatic rings. The molecule has 54 heavy (non-hydrogen) atoms. The highest BCUT2D eigenvalue weighted by molar-refractivity contribution is 5.92. The maximum atomic E-state index is 5.36. The molecule has 0 amide bonds. The van der Waals surface area contributed by atoms with Crippen molar-refractivity contribution in [3.8, 4) is 22.6 Å². The fourth-order valence-corrected chi connectivity index (χ4v) is 7.29. The summed E-state index contributed by atoms with van der Waals surface area (Å²) < 4.78 is 15.4. The predicted octanol–water partition coefficient (Wildman–Crippen LogP) is 9.88. The molecule has 0 aliphatic carbocycles. The fourth-order valence-electron chi connectivity index (χ4n) is 7.29. The highest BCUT2D eigenvalue weighted by atomic mass is 16.5. The normalized spacial score (nSPS) is 11.1. The number of anilines is 4. The van der Waals surface area contributed by atoms with Crippen molar-refractivity contribution >= 4 is 44.6 Å². The van der Waals surface area contributed by atoms with Crippen molar-refractivity contribution in [2.24, 2.45) is 0 Å². The molecule has 0 spiro atoms. The standard InChI is InChI=1S/C48H44N4O2/c1-49(39-21-25-41(53-3)26-22-39)45-29-31-51(47-11-7-5-9-43(45)47)33-35-13-17-37(18-14-35)38-19-15-36(16-20-38)34-52-32-30-46(44-10-6-8-12-48(44)52)50(2)40-23-27-42(54-4)28-24-40/h5-32H,33-34H2,1-4H3/q+2. The maximum Gasteiger partial charge on any atom is 0.214 e. The van der Waals surface area contributed by atoms with Gasteiger partial charge in [0.25, 0.3) is 0 Å². The molecule has 266 valence electrons. The molecular weight excluding hydrogens is 665 g/mol. The van der Waals surface area contributed by atoms with Crippen molar-refractivity contribution in [3.05, 3.63) is 181 Å². The zero-order chi connectivity index (χ0) is 37.0. The van der Waals surface area contributed by atoms with E-state index in [1.54, 1.807) is 14.2 Å². The number of nitrogens with zero attached hydrogens (tertiary/aromatic N) is 4. The number of hydrogen-bond donors (Lipinski definition) is 0. The molecule has 2 aromatic heterocycles. The highest BCUT2D eigenvalue weighted by Gasteiger charge is 2.18. The summed E-state index contributed by atoms with van der Waals surface area (Å²) in [6, 6.07) is 56.0. The molecule has 0 radical (unpaired) electrons. The lowest BCUT2D eigenvalue weighted by Gasteiger charge is -2.21. The van der Waals surface area contributed by atoms with E-state index in [0.717, 1.165) is 47.3 Å². The molecule has 0 saturated heterocycles. The van der Waals surface area contributed by atoms with E-state index >= 15 is 0 Å². The third-order valence-electron chi connectivity index (χ3n) is 10.4. The van der Waals surface area contributed by atoms with Gasteiger partial charge in [-0.1, -0.05) is 72.8 Å². The largest absolute Gasteiger partial charge is 0.497 e. The summed E-state index contributed by atoms with van der Waals surface area (Å²) in [5.74, 6) is 1.71. The molecule has 0 bridgehead atoms. The number of pyridine rings is 2. The molecule has 8 rings (SSSR count). The Morgan fingerprint density at radius 1 is 0.426 bits per heavy atom. The van der Waals surface area contributed by atoms with Crippen LogP contribution in [0.3, 0.4) is 0 Å². The molecule has 0 unspecified atom stereocenters. The molecule has 0 saturated carbocycles. The minimum Gasteiger partial charge on any atom is -0.497 e. The predicted molar refractivity (Wildman–Crippen MR) is 220 cm³/mol. The van der Waals surface area contributed by atoms with E-state index in [0.29, 0.717) is 0 Å². The Labute approximate surface area is 317 Å². The van der Waals surface area contributed by atoms with Crippen LogP contribution in [0.1, 0.15) is 11.1 Å². The highest BCUT2D eigenvalue weighted by Crippen LogP contribution is 2.32. The Bertz CT molecular complexity index is 2350. The van der Waals surface area contributed by atoms with Gasteiger partial charge in [0.1, 0.15) is 11.5 Å². The fraction of sp³-hybridized carbons (Fsp3) is 0.125. The third kappa shape index (κ3) is 6.94. The smallest absolute Gasteiger partial charge is 0.214 e. The van der Waals surface area contributed by atoms with Gasteiger partial charge in [-0.2, -0.15) is 9.13 Å². The third-order valence-corrected chi connectivity index (χ3v) is 10.4. The van der Waals surface area contributed by atoms with Crippen LogP contribution in [0, 0.1) is 0 Å². The number of para-hydroxylation sites is 2. The van der Waals surface area contributed by atoms with Crippen LogP contribution in [0.5, 0.6) is 11.5 Å². The minimum absolute atomic E-state index is 0.784. The van der Waals surface area contributed by atoms with Gasteiger partial charge in [-0.05, 0) is 71.8 Å². The number of benzene rings is 6. The molecular formula is C48H44N4O2+2. The van der Waals surface area contributed by atoms with Crippen molar-refractivity contribution in [1.82, 2.24) is 0 Å².